The molecule has 0 aromatic rings. The van der Waals surface area contributed by atoms with Gasteiger partial charge in [-0.2, -0.15) is 0 Å². The van der Waals surface area contributed by atoms with Crippen LogP contribution in [0.15, 0.2) is 0 Å². The lowest BCUT2D eigenvalue weighted by molar-refractivity contribution is -0.328. The highest BCUT2D eigenvalue weighted by Crippen LogP contribution is 2.45. The van der Waals surface area contributed by atoms with E-state index < -0.39 is 43.9 Å². The summed E-state index contributed by atoms with van der Waals surface area (Å²) in [4.78, 5) is 12.8. The van der Waals surface area contributed by atoms with Gasteiger partial charge in [-0.15, -0.1) is 0 Å². The van der Waals surface area contributed by atoms with E-state index in [4.69, 9.17) is 32.8 Å². The summed E-state index contributed by atoms with van der Waals surface area (Å²) in [6.07, 6.45) is -1.68. The van der Waals surface area contributed by atoms with Crippen LogP contribution < -0.4 is 0 Å². The lowest BCUT2D eigenvalue weighted by atomic mass is 9.97. The maximum atomic E-state index is 12.8. The Kier molecular flexibility index (Phi) is 6.52. The van der Waals surface area contributed by atoms with Crippen LogP contribution in [-0.4, -0.2) is 69.8 Å². The van der Waals surface area contributed by atoms with Crippen molar-refractivity contribution in [3.8, 4) is 0 Å². The molecule has 0 saturated carbocycles. The third-order valence-corrected chi connectivity index (χ3v) is 10.8. The van der Waals surface area contributed by atoms with Crippen LogP contribution in [0, 0.1) is 0 Å². The molecular formula is C20H36O8Si. The second kappa shape index (κ2) is 8.18. The molecule has 0 aliphatic carbocycles. The molecule has 3 heterocycles. The van der Waals surface area contributed by atoms with E-state index in [1.54, 1.807) is 13.8 Å². The molecule has 0 unspecified atom stereocenters. The van der Waals surface area contributed by atoms with Crippen molar-refractivity contribution in [2.75, 3.05) is 19.8 Å². The summed E-state index contributed by atoms with van der Waals surface area (Å²) < 4.78 is 41.9. The molecule has 29 heavy (non-hydrogen) atoms. The molecule has 3 aliphatic heterocycles. The first-order valence-electron chi connectivity index (χ1n) is 10.7. The fourth-order valence-electron chi connectivity index (χ4n) is 4.37. The minimum Gasteiger partial charge on any atom is -0.452 e. The fourth-order valence-corrected chi connectivity index (χ4v) is 6.90. The Balaban J connectivity index is 1.76. The number of fused-ring (bicyclic) bond motifs is 1. The molecule has 0 N–H and O–H groups in total. The van der Waals surface area contributed by atoms with Gasteiger partial charge in [0.25, 0.3) is 0 Å². The van der Waals surface area contributed by atoms with Gasteiger partial charge in [-0.05, 0) is 45.8 Å². The van der Waals surface area contributed by atoms with Crippen LogP contribution in [0.5, 0.6) is 0 Å². The van der Waals surface area contributed by atoms with E-state index in [9.17, 15) is 4.79 Å². The second-order valence-electron chi connectivity index (χ2n) is 8.99. The van der Waals surface area contributed by atoms with Crippen molar-refractivity contribution in [2.24, 2.45) is 0 Å². The molecule has 4 atom stereocenters. The van der Waals surface area contributed by atoms with Crippen molar-refractivity contribution < 1.29 is 37.6 Å². The zero-order chi connectivity index (χ0) is 21.5. The monoisotopic (exact) mass is 432 g/mol. The zero-order valence-electron chi connectivity index (χ0n) is 18.7. The summed E-state index contributed by atoms with van der Waals surface area (Å²) in [6, 6.07) is 2.89. The van der Waals surface area contributed by atoms with E-state index in [0.717, 1.165) is 18.1 Å². The summed E-state index contributed by atoms with van der Waals surface area (Å²) in [6.45, 7) is 14.0. The summed E-state index contributed by atoms with van der Waals surface area (Å²) in [5.41, 5.74) is 0. The molecular weight excluding hydrogens is 396 g/mol. The average Bonchev–Trinajstić information content (AvgIpc) is 3.15. The Hall–Kier alpha value is -0.553. The van der Waals surface area contributed by atoms with Gasteiger partial charge in [0, 0.05) is 0 Å². The van der Waals surface area contributed by atoms with Crippen molar-refractivity contribution in [1.29, 1.82) is 0 Å². The summed E-state index contributed by atoms with van der Waals surface area (Å²) in [5.74, 6) is -3.32. The molecule has 0 radical (unpaired) electrons. The Morgan fingerprint density at radius 2 is 1.66 bits per heavy atom. The second-order valence-corrected chi connectivity index (χ2v) is 13.8. The van der Waals surface area contributed by atoms with Crippen molar-refractivity contribution >= 4 is 14.3 Å². The Labute approximate surface area is 174 Å². The van der Waals surface area contributed by atoms with Crippen molar-refractivity contribution in [3.63, 3.8) is 0 Å². The standard InChI is InChI=1S/C20H36O8Si/c1-8-29(9-2,10-3)24-12-15(21)25-17-16-14(26-19(6,7)27-16)11-22-20(17)13-23-18(4,5)28-20/h14,16-17H,8-13H2,1-7H3/t14-,16-,17+,20+/m1/s1. The molecule has 168 valence electrons. The van der Waals surface area contributed by atoms with Gasteiger partial charge < -0.3 is 32.8 Å². The zero-order valence-corrected chi connectivity index (χ0v) is 19.7. The van der Waals surface area contributed by atoms with Crippen LogP contribution in [0.4, 0.5) is 0 Å². The first-order chi connectivity index (χ1) is 13.5. The van der Waals surface area contributed by atoms with E-state index in [1.165, 1.54) is 0 Å². The SMILES string of the molecule is CC[Si](CC)(CC)OCC(=O)O[C@H]1[C@@H]2OC(C)(C)O[C@@H]2CO[C@]12COC(C)(C)O2. The number of carbonyl (C=O) groups is 1. The molecule has 0 aromatic heterocycles. The quantitative estimate of drug-likeness (QED) is 0.449. The smallest absolute Gasteiger partial charge is 0.331 e. The molecule has 3 saturated heterocycles. The number of carbonyl (C=O) groups excluding carboxylic acids is 1. The first kappa shape index (κ1) is 23.1. The van der Waals surface area contributed by atoms with Crippen LogP contribution in [0.2, 0.25) is 18.1 Å². The van der Waals surface area contributed by atoms with Crippen LogP contribution in [-0.2, 0) is 37.6 Å². The van der Waals surface area contributed by atoms with E-state index in [1.807, 2.05) is 13.8 Å². The van der Waals surface area contributed by atoms with Crippen LogP contribution in [0.1, 0.15) is 48.5 Å². The molecule has 8 nitrogen and oxygen atoms in total. The minimum atomic E-state index is -1.90. The fraction of sp³-hybridized carbons (Fsp3) is 0.950. The Bertz CT molecular complexity index is 595. The van der Waals surface area contributed by atoms with E-state index in [-0.39, 0.29) is 25.9 Å². The van der Waals surface area contributed by atoms with Gasteiger partial charge in [0.15, 0.2) is 26.0 Å². The summed E-state index contributed by atoms with van der Waals surface area (Å²) in [5, 5.41) is 0. The van der Waals surface area contributed by atoms with Gasteiger partial charge in [-0.25, -0.2) is 4.79 Å². The van der Waals surface area contributed by atoms with Gasteiger partial charge >= 0.3 is 5.97 Å². The molecule has 0 amide bonds. The third kappa shape index (κ3) is 4.71. The predicted octanol–water partition coefficient (Wildman–Crippen LogP) is 2.95. The van der Waals surface area contributed by atoms with Crippen LogP contribution in [0.3, 0.4) is 0 Å². The lowest BCUT2D eigenvalue weighted by Crippen LogP contribution is -2.63. The van der Waals surface area contributed by atoms with Gasteiger partial charge in [0.05, 0.1) is 6.61 Å². The highest BCUT2D eigenvalue weighted by Gasteiger charge is 2.64. The maximum absolute atomic E-state index is 12.8. The normalized spacial score (nSPS) is 35.6. The Morgan fingerprint density at radius 3 is 2.21 bits per heavy atom. The average molecular weight is 433 g/mol. The number of hydrogen-bond acceptors (Lipinski definition) is 8. The largest absolute Gasteiger partial charge is 0.452 e. The highest BCUT2D eigenvalue weighted by molar-refractivity contribution is 6.73. The molecule has 0 aromatic carbocycles. The van der Waals surface area contributed by atoms with E-state index in [0.29, 0.717) is 0 Å². The van der Waals surface area contributed by atoms with Crippen LogP contribution in [0.25, 0.3) is 0 Å². The van der Waals surface area contributed by atoms with Crippen molar-refractivity contribution in [2.45, 2.75) is 102 Å². The van der Waals surface area contributed by atoms with Crippen LogP contribution >= 0.6 is 0 Å². The summed E-state index contributed by atoms with van der Waals surface area (Å²) in [7, 11) is -1.90. The van der Waals surface area contributed by atoms with E-state index in [2.05, 4.69) is 20.8 Å². The number of esters is 1. The van der Waals surface area contributed by atoms with Gasteiger partial charge in [-0.3, -0.25) is 0 Å². The molecule has 1 spiro atoms. The molecule has 3 rings (SSSR count). The van der Waals surface area contributed by atoms with E-state index >= 15 is 0 Å². The topological polar surface area (TPSA) is 81.7 Å². The first-order valence-corrected chi connectivity index (χ1v) is 13.2. The molecule has 9 heteroatoms. The summed E-state index contributed by atoms with van der Waals surface area (Å²) >= 11 is 0. The molecule has 3 fully saturated rings. The number of hydrogen-bond donors (Lipinski definition) is 0. The third-order valence-electron chi connectivity index (χ3n) is 6.17. The predicted molar refractivity (Wildman–Crippen MR) is 107 cm³/mol. The highest BCUT2D eigenvalue weighted by atomic mass is 28.4. The van der Waals surface area contributed by atoms with Gasteiger partial charge in [0.2, 0.25) is 5.79 Å². The molecule has 3 aliphatic rings. The maximum Gasteiger partial charge on any atom is 0.331 e. The van der Waals surface area contributed by atoms with Crippen molar-refractivity contribution in [1.82, 2.24) is 0 Å². The Morgan fingerprint density at radius 1 is 1.00 bits per heavy atom. The number of rotatable bonds is 7. The van der Waals surface area contributed by atoms with Gasteiger partial charge in [0.1, 0.15) is 25.4 Å². The lowest BCUT2D eigenvalue weighted by Gasteiger charge is -2.43. The van der Waals surface area contributed by atoms with Crippen molar-refractivity contribution in [3.05, 3.63) is 0 Å². The van der Waals surface area contributed by atoms with Gasteiger partial charge in [-0.1, -0.05) is 20.8 Å². The minimum absolute atomic E-state index is 0.0831. The number of ether oxygens (including phenoxy) is 6. The molecule has 0 bridgehead atoms.